The predicted octanol–water partition coefficient (Wildman–Crippen LogP) is 4.69. The molecule has 1 heterocycles. The van der Waals surface area contributed by atoms with Crippen molar-refractivity contribution in [2.75, 3.05) is 17.2 Å². The number of aromatic nitrogens is 2. The van der Waals surface area contributed by atoms with Gasteiger partial charge in [0.1, 0.15) is 11.5 Å². The van der Waals surface area contributed by atoms with Gasteiger partial charge in [0, 0.05) is 11.6 Å². The first-order valence-corrected chi connectivity index (χ1v) is 8.73. The van der Waals surface area contributed by atoms with E-state index in [0.717, 1.165) is 13.0 Å². The van der Waals surface area contributed by atoms with Crippen LogP contribution in [0.5, 0.6) is 0 Å². The Morgan fingerprint density at radius 2 is 1.81 bits per heavy atom. The van der Waals surface area contributed by atoms with E-state index in [1.165, 1.54) is 18.0 Å². The molecule has 0 bridgehead atoms. The molecule has 3 aromatic rings. The van der Waals surface area contributed by atoms with Crippen molar-refractivity contribution in [1.82, 2.24) is 9.97 Å². The van der Waals surface area contributed by atoms with Gasteiger partial charge in [0.25, 0.3) is 5.91 Å². The van der Waals surface area contributed by atoms with Gasteiger partial charge in [0.2, 0.25) is 0 Å². The van der Waals surface area contributed by atoms with Crippen LogP contribution >= 0.6 is 23.2 Å². The van der Waals surface area contributed by atoms with Crippen LogP contribution < -0.4 is 10.6 Å². The molecule has 5 nitrogen and oxygen atoms in total. The summed E-state index contributed by atoms with van der Waals surface area (Å²) in [7, 11) is 0. The minimum atomic E-state index is -0.391. The highest BCUT2D eigenvalue weighted by molar-refractivity contribution is 6.36. The molecule has 7 heteroatoms. The van der Waals surface area contributed by atoms with Gasteiger partial charge < -0.3 is 10.6 Å². The second-order valence-corrected chi connectivity index (χ2v) is 6.37. The molecule has 132 valence electrons. The first-order chi connectivity index (χ1) is 12.6. The van der Waals surface area contributed by atoms with Crippen LogP contribution in [0.15, 0.2) is 60.9 Å². The second kappa shape index (κ2) is 8.65. The third-order valence-corrected chi connectivity index (χ3v) is 4.17. The number of halogens is 2. The third kappa shape index (κ3) is 4.94. The van der Waals surface area contributed by atoms with Gasteiger partial charge in [-0.3, -0.25) is 4.79 Å². The van der Waals surface area contributed by atoms with Crippen LogP contribution in [-0.4, -0.2) is 22.4 Å². The molecule has 0 spiro atoms. The van der Waals surface area contributed by atoms with Crippen LogP contribution in [-0.2, 0) is 6.42 Å². The van der Waals surface area contributed by atoms with Crippen molar-refractivity contribution in [1.29, 1.82) is 0 Å². The van der Waals surface area contributed by atoms with Gasteiger partial charge in [-0.1, -0.05) is 53.5 Å². The summed E-state index contributed by atoms with van der Waals surface area (Å²) < 4.78 is 0. The van der Waals surface area contributed by atoms with Crippen molar-refractivity contribution in [3.8, 4) is 0 Å². The second-order valence-electron chi connectivity index (χ2n) is 5.53. The van der Waals surface area contributed by atoms with Crippen LogP contribution in [0.3, 0.4) is 0 Å². The van der Waals surface area contributed by atoms with Gasteiger partial charge in [0.05, 0.1) is 23.1 Å². The molecule has 3 rings (SSSR count). The maximum absolute atomic E-state index is 12.2. The molecule has 0 unspecified atom stereocenters. The molecule has 0 saturated carbocycles. The molecular weight excluding hydrogens is 371 g/mol. The SMILES string of the molecule is O=C(Nc1ccc(Cl)cc1Cl)c1cnc(NCCc2ccccc2)cn1. The Bertz CT molecular complexity index is 886. The highest BCUT2D eigenvalue weighted by Gasteiger charge is 2.11. The molecule has 1 amide bonds. The number of nitrogens with one attached hydrogen (secondary N) is 2. The zero-order chi connectivity index (χ0) is 18.4. The van der Waals surface area contributed by atoms with Crippen LogP contribution in [0.2, 0.25) is 10.0 Å². The Labute approximate surface area is 161 Å². The highest BCUT2D eigenvalue weighted by atomic mass is 35.5. The lowest BCUT2D eigenvalue weighted by molar-refractivity contribution is 0.102. The molecule has 26 heavy (non-hydrogen) atoms. The quantitative estimate of drug-likeness (QED) is 0.644. The molecule has 1 aromatic heterocycles. The summed E-state index contributed by atoms with van der Waals surface area (Å²) in [5, 5.41) is 6.73. The van der Waals surface area contributed by atoms with Crippen LogP contribution in [0.25, 0.3) is 0 Å². The van der Waals surface area contributed by atoms with Crippen molar-refractivity contribution >= 4 is 40.6 Å². The van der Waals surface area contributed by atoms with Crippen molar-refractivity contribution < 1.29 is 4.79 Å². The standard InChI is InChI=1S/C19H16Cl2N4O/c20-14-6-7-16(15(21)10-14)25-19(26)17-11-24-18(12-23-17)22-9-8-13-4-2-1-3-5-13/h1-7,10-12H,8-9H2,(H,22,24)(H,25,26). The lowest BCUT2D eigenvalue weighted by atomic mass is 10.1. The van der Waals surface area contributed by atoms with Crippen molar-refractivity contribution in [2.45, 2.75) is 6.42 Å². The van der Waals surface area contributed by atoms with E-state index in [4.69, 9.17) is 23.2 Å². The number of benzene rings is 2. The maximum atomic E-state index is 12.2. The number of anilines is 2. The van der Waals surface area contributed by atoms with E-state index in [1.807, 2.05) is 18.2 Å². The number of hydrogen-bond acceptors (Lipinski definition) is 4. The average Bonchev–Trinajstić information content (AvgIpc) is 2.65. The normalized spacial score (nSPS) is 10.4. The monoisotopic (exact) mass is 386 g/mol. The summed E-state index contributed by atoms with van der Waals surface area (Å²) >= 11 is 11.9. The Kier molecular flexibility index (Phi) is 6.04. The van der Waals surface area contributed by atoms with Gasteiger partial charge in [0.15, 0.2) is 0 Å². The zero-order valence-electron chi connectivity index (χ0n) is 13.7. The van der Waals surface area contributed by atoms with E-state index in [-0.39, 0.29) is 5.69 Å². The Morgan fingerprint density at radius 3 is 2.50 bits per heavy atom. The summed E-state index contributed by atoms with van der Waals surface area (Å²) in [6.45, 7) is 0.727. The van der Waals surface area contributed by atoms with E-state index in [9.17, 15) is 4.79 Å². The van der Waals surface area contributed by atoms with Crippen LogP contribution in [0, 0.1) is 0 Å². The van der Waals surface area contributed by atoms with Gasteiger partial charge >= 0.3 is 0 Å². The highest BCUT2D eigenvalue weighted by Crippen LogP contribution is 2.25. The number of carbonyl (C=O) groups excluding carboxylic acids is 1. The van der Waals surface area contributed by atoms with E-state index >= 15 is 0 Å². The van der Waals surface area contributed by atoms with Crippen LogP contribution in [0.4, 0.5) is 11.5 Å². The predicted molar refractivity (Wildman–Crippen MR) is 105 cm³/mol. The largest absolute Gasteiger partial charge is 0.368 e. The maximum Gasteiger partial charge on any atom is 0.275 e. The summed E-state index contributed by atoms with van der Waals surface area (Å²) in [5.74, 6) is 0.222. The Morgan fingerprint density at radius 1 is 1.00 bits per heavy atom. The zero-order valence-corrected chi connectivity index (χ0v) is 15.3. The topological polar surface area (TPSA) is 66.9 Å². The fourth-order valence-corrected chi connectivity index (χ4v) is 2.75. The van der Waals surface area contributed by atoms with Gasteiger partial charge in [-0.05, 0) is 30.2 Å². The number of hydrogen-bond donors (Lipinski definition) is 2. The van der Waals surface area contributed by atoms with Crippen molar-refractivity contribution in [3.63, 3.8) is 0 Å². The van der Waals surface area contributed by atoms with E-state index in [1.54, 1.807) is 18.2 Å². The molecule has 0 fully saturated rings. The minimum absolute atomic E-state index is 0.199. The van der Waals surface area contributed by atoms with Gasteiger partial charge in [-0.2, -0.15) is 0 Å². The molecule has 0 aliphatic heterocycles. The summed E-state index contributed by atoms with van der Waals surface area (Å²) in [5.41, 5.74) is 1.90. The summed E-state index contributed by atoms with van der Waals surface area (Å²) in [6.07, 6.45) is 3.83. The number of carbonyl (C=O) groups is 1. The number of nitrogens with zero attached hydrogens (tertiary/aromatic N) is 2. The van der Waals surface area contributed by atoms with Gasteiger partial charge in [-0.15, -0.1) is 0 Å². The average molecular weight is 387 g/mol. The molecule has 2 aromatic carbocycles. The minimum Gasteiger partial charge on any atom is -0.368 e. The molecule has 2 N–H and O–H groups in total. The third-order valence-electron chi connectivity index (χ3n) is 3.63. The number of rotatable bonds is 6. The van der Waals surface area contributed by atoms with Crippen molar-refractivity contribution in [3.05, 3.63) is 82.2 Å². The fourth-order valence-electron chi connectivity index (χ4n) is 2.29. The smallest absolute Gasteiger partial charge is 0.275 e. The number of amides is 1. The first-order valence-electron chi connectivity index (χ1n) is 7.98. The molecule has 0 aliphatic carbocycles. The lowest BCUT2D eigenvalue weighted by Gasteiger charge is -2.08. The van der Waals surface area contributed by atoms with E-state index < -0.39 is 5.91 Å². The Balaban J connectivity index is 1.55. The molecular formula is C19H16Cl2N4O. The molecule has 0 atom stereocenters. The van der Waals surface area contributed by atoms with Gasteiger partial charge in [-0.25, -0.2) is 9.97 Å². The molecule has 0 aliphatic rings. The Hall–Kier alpha value is -2.63. The first kappa shape index (κ1) is 18.2. The van der Waals surface area contributed by atoms with E-state index in [2.05, 4.69) is 32.7 Å². The van der Waals surface area contributed by atoms with Crippen molar-refractivity contribution in [2.24, 2.45) is 0 Å². The van der Waals surface area contributed by atoms with Crippen LogP contribution in [0.1, 0.15) is 16.1 Å². The molecule has 0 radical (unpaired) electrons. The molecule has 0 saturated heterocycles. The summed E-state index contributed by atoms with van der Waals surface area (Å²) in [6, 6.07) is 15.0. The lowest BCUT2D eigenvalue weighted by Crippen LogP contribution is -2.15. The van der Waals surface area contributed by atoms with E-state index in [0.29, 0.717) is 21.6 Å². The fraction of sp³-hybridized carbons (Fsp3) is 0.105. The summed E-state index contributed by atoms with van der Waals surface area (Å²) in [4.78, 5) is 20.6.